The van der Waals surface area contributed by atoms with E-state index in [0.717, 1.165) is 29.9 Å². The van der Waals surface area contributed by atoms with Gasteiger partial charge in [-0.25, -0.2) is 4.98 Å². The van der Waals surface area contributed by atoms with E-state index in [4.69, 9.17) is 22.9 Å². The summed E-state index contributed by atoms with van der Waals surface area (Å²) >= 11 is 5.13. The molecule has 0 fully saturated rings. The van der Waals surface area contributed by atoms with E-state index in [1.807, 2.05) is 36.2 Å². The number of nitrogens with two attached hydrogens (primary N) is 1. The minimum Gasteiger partial charge on any atom is -0.389 e. The van der Waals surface area contributed by atoms with Gasteiger partial charge >= 0.3 is 0 Å². The van der Waals surface area contributed by atoms with Crippen LogP contribution < -0.4 is 10.6 Å². The summed E-state index contributed by atoms with van der Waals surface area (Å²) in [7, 11) is 2.00. The number of nitrogens with zero attached hydrogens (tertiary/aromatic N) is 2. The molecule has 20 heavy (non-hydrogen) atoms. The predicted molar refractivity (Wildman–Crippen MR) is 86.7 cm³/mol. The Kier molecular flexibility index (Phi) is 3.40. The largest absolute Gasteiger partial charge is 0.389 e. The maximum Gasteiger partial charge on any atom is 0.133 e. The first-order valence-electron chi connectivity index (χ1n) is 6.78. The molecule has 0 aliphatic heterocycles. The first-order valence-corrected chi connectivity index (χ1v) is 7.19. The van der Waals surface area contributed by atoms with Gasteiger partial charge in [0.2, 0.25) is 0 Å². The van der Waals surface area contributed by atoms with Crippen LogP contribution in [-0.4, -0.2) is 17.0 Å². The van der Waals surface area contributed by atoms with Crippen molar-refractivity contribution in [3.63, 3.8) is 0 Å². The van der Waals surface area contributed by atoms with Crippen molar-refractivity contribution in [3.8, 4) is 0 Å². The van der Waals surface area contributed by atoms with E-state index in [1.165, 1.54) is 17.7 Å². The molecule has 102 valence electrons. The lowest BCUT2D eigenvalue weighted by Crippen LogP contribution is -2.18. The summed E-state index contributed by atoms with van der Waals surface area (Å²) in [6.45, 7) is 0. The Balaban J connectivity index is 2.01. The van der Waals surface area contributed by atoms with Crippen molar-refractivity contribution in [2.24, 2.45) is 5.73 Å². The molecule has 0 unspecified atom stereocenters. The molecule has 1 aliphatic carbocycles. The lowest BCUT2D eigenvalue weighted by Gasteiger charge is -2.21. The Morgan fingerprint density at radius 1 is 1.20 bits per heavy atom. The minimum atomic E-state index is 0.411. The molecule has 1 heterocycles. The Bertz CT molecular complexity index is 667. The van der Waals surface area contributed by atoms with E-state index in [2.05, 4.69) is 12.1 Å². The Morgan fingerprint density at radius 2 is 2.00 bits per heavy atom. The van der Waals surface area contributed by atoms with Crippen LogP contribution in [0.4, 0.5) is 11.5 Å². The summed E-state index contributed by atoms with van der Waals surface area (Å²) in [5, 5.41) is 0. The number of anilines is 2. The SMILES string of the molecule is CN(c1ccc2c(n1)CCC2)c1ccccc1C(N)=S. The zero-order valence-corrected chi connectivity index (χ0v) is 12.3. The molecule has 3 nitrogen and oxygen atoms in total. The van der Waals surface area contributed by atoms with Gasteiger partial charge in [-0.15, -0.1) is 0 Å². The summed E-state index contributed by atoms with van der Waals surface area (Å²) in [4.78, 5) is 7.23. The number of hydrogen-bond donors (Lipinski definition) is 1. The molecule has 0 saturated heterocycles. The second-order valence-corrected chi connectivity index (χ2v) is 5.51. The first-order chi connectivity index (χ1) is 9.66. The van der Waals surface area contributed by atoms with Crippen molar-refractivity contribution in [2.45, 2.75) is 19.3 Å². The Labute approximate surface area is 124 Å². The van der Waals surface area contributed by atoms with Crippen molar-refractivity contribution in [1.82, 2.24) is 4.98 Å². The average Bonchev–Trinajstić information content (AvgIpc) is 2.93. The van der Waals surface area contributed by atoms with Crippen LogP contribution in [0.5, 0.6) is 0 Å². The van der Waals surface area contributed by atoms with Gasteiger partial charge in [-0.3, -0.25) is 0 Å². The predicted octanol–water partition coefficient (Wildman–Crippen LogP) is 2.97. The molecule has 0 spiro atoms. The molecule has 1 aromatic carbocycles. The molecule has 0 atom stereocenters. The molecular formula is C16H17N3S. The third-order valence-corrected chi connectivity index (χ3v) is 4.01. The van der Waals surface area contributed by atoms with Gasteiger partial charge in [0.15, 0.2) is 0 Å². The molecule has 2 aromatic rings. The molecule has 4 heteroatoms. The monoisotopic (exact) mass is 283 g/mol. The summed E-state index contributed by atoms with van der Waals surface area (Å²) in [5.41, 5.74) is 10.3. The zero-order valence-electron chi connectivity index (χ0n) is 11.5. The molecule has 0 amide bonds. The van der Waals surface area contributed by atoms with Crippen LogP contribution in [0, 0.1) is 0 Å². The van der Waals surface area contributed by atoms with Crippen molar-refractivity contribution >= 4 is 28.7 Å². The van der Waals surface area contributed by atoms with E-state index < -0.39 is 0 Å². The van der Waals surface area contributed by atoms with Crippen LogP contribution in [0.25, 0.3) is 0 Å². The molecule has 0 saturated carbocycles. The fourth-order valence-corrected chi connectivity index (χ4v) is 2.87. The fraction of sp³-hybridized carbons (Fsp3) is 0.250. The molecule has 0 radical (unpaired) electrons. The maximum absolute atomic E-state index is 5.80. The highest BCUT2D eigenvalue weighted by molar-refractivity contribution is 7.80. The zero-order chi connectivity index (χ0) is 14.1. The number of fused-ring (bicyclic) bond motifs is 1. The van der Waals surface area contributed by atoms with Gasteiger partial charge in [0.05, 0.1) is 5.69 Å². The van der Waals surface area contributed by atoms with Gasteiger partial charge in [0.25, 0.3) is 0 Å². The highest BCUT2D eigenvalue weighted by Crippen LogP contribution is 2.28. The molecule has 0 bridgehead atoms. The normalized spacial score (nSPS) is 13.1. The van der Waals surface area contributed by atoms with Gasteiger partial charge in [0.1, 0.15) is 10.8 Å². The van der Waals surface area contributed by atoms with Gasteiger partial charge in [-0.05, 0) is 43.0 Å². The molecule has 1 aliphatic rings. The van der Waals surface area contributed by atoms with Crippen LogP contribution in [-0.2, 0) is 12.8 Å². The van der Waals surface area contributed by atoms with Crippen LogP contribution in [0.2, 0.25) is 0 Å². The van der Waals surface area contributed by atoms with Gasteiger partial charge < -0.3 is 10.6 Å². The van der Waals surface area contributed by atoms with Crippen LogP contribution in [0.15, 0.2) is 36.4 Å². The van der Waals surface area contributed by atoms with Crippen molar-refractivity contribution in [1.29, 1.82) is 0 Å². The first kappa shape index (κ1) is 13.1. The standard InChI is InChI=1S/C16H17N3S/c1-19(14-8-3-2-6-12(14)16(17)20)15-10-9-11-5-4-7-13(11)18-15/h2-3,6,8-10H,4-5,7H2,1H3,(H2,17,20). The van der Waals surface area contributed by atoms with Crippen LogP contribution in [0.3, 0.4) is 0 Å². The second kappa shape index (κ2) is 5.21. The van der Waals surface area contributed by atoms with Gasteiger partial charge in [-0.1, -0.05) is 30.4 Å². The third-order valence-electron chi connectivity index (χ3n) is 3.79. The highest BCUT2D eigenvalue weighted by Gasteiger charge is 2.16. The smallest absolute Gasteiger partial charge is 0.133 e. The average molecular weight is 283 g/mol. The summed E-state index contributed by atoms with van der Waals surface area (Å²) in [6, 6.07) is 12.2. The minimum absolute atomic E-state index is 0.411. The fourth-order valence-electron chi connectivity index (χ4n) is 2.69. The van der Waals surface area contributed by atoms with E-state index in [1.54, 1.807) is 0 Å². The number of rotatable bonds is 3. The lowest BCUT2D eigenvalue weighted by atomic mass is 10.1. The van der Waals surface area contributed by atoms with Crippen molar-refractivity contribution < 1.29 is 0 Å². The van der Waals surface area contributed by atoms with Crippen molar-refractivity contribution in [2.75, 3.05) is 11.9 Å². The summed E-state index contributed by atoms with van der Waals surface area (Å²) in [6.07, 6.45) is 3.43. The molecule has 2 N–H and O–H groups in total. The Morgan fingerprint density at radius 3 is 2.80 bits per heavy atom. The van der Waals surface area contributed by atoms with Crippen molar-refractivity contribution in [3.05, 3.63) is 53.2 Å². The number of pyridine rings is 1. The lowest BCUT2D eigenvalue weighted by molar-refractivity contribution is 0.898. The number of para-hydroxylation sites is 1. The molecule has 1 aromatic heterocycles. The number of hydrogen-bond acceptors (Lipinski definition) is 3. The topological polar surface area (TPSA) is 42.2 Å². The number of aromatic nitrogens is 1. The quantitative estimate of drug-likeness (QED) is 0.879. The number of thiocarbonyl (C=S) groups is 1. The molecule has 3 rings (SSSR count). The summed E-state index contributed by atoms with van der Waals surface area (Å²) < 4.78 is 0. The summed E-state index contributed by atoms with van der Waals surface area (Å²) in [5.74, 6) is 0.939. The van der Waals surface area contributed by atoms with E-state index in [-0.39, 0.29) is 0 Å². The maximum atomic E-state index is 5.80. The number of aryl methyl sites for hydroxylation is 2. The van der Waals surface area contributed by atoms with E-state index in [0.29, 0.717) is 4.99 Å². The van der Waals surface area contributed by atoms with Gasteiger partial charge in [0, 0.05) is 18.3 Å². The van der Waals surface area contributed by atoms with E-state index >= 15 is 0 Å². The van der Waals surface area contributed by atoms with E-state index in [9.17, 15) is 0 Å². The van der Waals surface area contributed by atoms with Crippen LogP contribution in [0.1, 0.15) is 23.2 Å². The number of benzene rings is 1. The molecular weight excluding hydrogens is 266 g/mol. The highest BCUT2D eigenvalue weighted by atomic mass is 32.1. The second-order valence-electron chi connectivity index (χ2n) is 5.07. The Hall–Kier alpha value is -1.94. The third kappa shape index (κ3) is 2.27. The van der Waals surface area contributed by atoms with Gasteiger partial charge in [-0.2, -0.15) is 0 Å². The van der Waals surface area contributed by atoms with Crippen LogP contribution >= 0.6 is 12.2 Å².